The number of aliphatic carboxylic acids is 1. The Morgan fingerprint density at radius 1 is 1.26 bits per heavy atom. The van der Waals surface area contributed by atoms with E-state index in [1.807, 2.05) is 37.4 Å². The van der Waals surface area contributed by atoms with Crippen LogP contribution in [0.4, 0.5) is 0 Å². The SMILES string of the molecule is CCc1occc1C(=O)NC(CC(=O)O)c1ccc(SC)cc1. The second-order valence-corrected chi connectivity index (χ2v) is 5.89. The lowest BCUT2D eigenvalue weighted by atomic mass is 10.0. The summed E-state index contributed by atoms with van der Waals surface area (Å²) in [4.78, 5) is 24.6. The number of carbonyl (C=O) groups excluding carboxylic acids is 1. The lowest BCUT2D eigenvalue weighted by molar-refractivity contribution is -0.137. The van der Waals surface area contributed by atoms with E-state index in [0.29, 0.717) is 17.7 Å². The Morgan fingerprint density at radius 2 is 1.96 bits per heavy atom. The number of benzene rings is 1. The molecule has 0 radical (unpaired) electrons. The number of hydrogen-bond donors (Lipinski definition) is 2. The monoisotopic (exact) mass is 333 g/mol. The summed E-state index contributed by atoms with van der Waals surface area (Å²) in [6.45, 7) is 1.89. The van der Waals surface area contributed by atoms with Gasteiger partial charge in [-0.25, -0.2) is 0 Å². The number of aryl methyl sites for hydroxylation is 1. The Kier molecular flexibility index (Phi) is 5.87. The van der Waals surface area contributed by atoms with Gasteiger partial charge in [0.25, 0.3) is 5.91 Å². The van der Waals surface area contributed by atoms with Crippen molar-refractivity contribution in [2.45, 2.75) is 30.7 Å². The molecule has 122 valence electrons. The van der Waals surface area contributed by atoms with Gasteiger partial charge >= 0.3 is 5.97 Å². The van der Waals surface area contributed by atoms with Gasteiger partial charge in [0.2, 0.25) is 0 Å². The molecule has 2 aromatic rings. The third kappa shape index (κ3) is 4.39. The van der Waals surface area contributed by atoms with Crippen LogP contribution in [0.25, 0.3) is 0 Å². The first kappa shape index (κ1) is 17.1. The van der Waals surface area contributed by atoms with E-state index >= 15 is 0 Å². The fourth-order valence-corrected chi connectivity index (χ4v) is 2.72. The van der Waals surface area contributed by atoms with Crippen molar-refractivity contribution in [1.29, 1.82) is 0 Å². The van der Waals surface area contributed by atoms with Crippen LogP contribution in [0.3, 0.4) is 0 Å². The fourth-order valence-electron chi connectivity index (χ4n) is 2.32. The van der Waals surface area contributed by atoms with Crippen molar-refractivity contribution in [3.63, 3.8) is 0 Å². The summed E-state index contributed by atoms with van der Waals surface area (Å²) in [6.07, 6.45) is 3.86. The standard InChI is InChI=1S/C17H19NO4S/c1-3-15-13(8-9-22-15)17(21)18-14(10-16(19)20)11-4-6-12(23-2)7-5-11/h4-9,14H,3,10H2,1-2H3,(H,18,21)(H,19,20). The first-order valence-corrected chi connectivity index (χ1v) is 8.50. The minimum atomic E-state index is -0.966. The molecule has 6 heteroatoms. The van der Waals surface area contributed by atoms with Gasteiger partial charge < -0.3 is 14.8 Å². The molecule has 0 aliphatic heterocycles. The van der Waals surface area contributed by atoms with Crippen LogP contribution in [0.5, 0.6) is 0 Å². The lowest BCUT2D eigenvalue weighted by Crippen LogP contribution is -2.30. The number of nitrogens with one attached hydrogen (secondary N) is 1. The van der Waals surface area contributed by atoms with E-state index in [9.17, 15) is 9.59 Å². The van der Waals surface area contributed by atoms with Gasteiger partial charge in [0.05, 0.1) is 24.3 Å². The predicted octanol–water partition coefficient (Wildman–Crippen LogP) is 3.51. The van der Waals surface area contributed by atoms with E-state index < -0.39 is 12.0 Å². The van der Waals surface area contributed by atoms with E-state index in [2.05, 4.69) is 5.32 Å². The molecular weight excluding hydrogens is 314 g/mol. The van der Waals surface area contributed by atoms with Gasteiger partial charge in [-0.2, -0.15) is 0 Å². The zero-order chi connectivity index (χ0) is 16.8. The number of hydrogen-bond acceptors (Lipinski definition) is 4. The average Bonchev–Trinajstić information content (AvgIpc) is 3.02. The molecule has 1 aromatic carbocycles. The van der Waals surface area contributed by atoms with Crippen LogP contribution in [-0.4, -0.2) is 23.2 Å². The van der Waals surface area contributed by atoms with Crippen LogP contribution in [0.1, 0.15) is 41.1 Å². The molecule has 0 bridgehead atoms. The van der Waals surface area contributed by atoms with Crippen molar-refractivity contribution in [2.75, 3.05) is 6.26 Å². The first-order chi connectivity index (χ1) is 11.0. The van der Waals surface area contributed by atoms with Crippen molar-refractivity contribution < 1.29 is 19.1 Å². The van der Waals surface area contributed by atoms with Gasteiger partial charge in [-0.05, 0) is 30.0 Å². The average molecular weight is 333 g/mol. The molecule has 0 fully saturated rings. The first-order valence-electron chi connectivity index (χ1n) is 7.28. The topological polar surface area (TPSA) is 79.5 Å². The summed E-state index contributed by atoms with van der Waals surface area (Å²) < 4.78 is 5.25. The molecule has 1 aromatic heterocycles. The van der Waals surface area contributed by atoms with E-state index in [1.54, 1.807) is 17.8 Å². The summed E-state index contributed by atoms with van der Waals surface area (Å²) in [5, 5.41) is 11.9. The number of carboxylic acids is 1. The summed E-state index contributed by atoms with van der Waals surface area (Å²) >= 11 is 1.60. The van der Waals surface area contributed by atoms with Crippen molar-refractivity contribution in [3.8, 4) is 0 Å². The third-order valence-corrected chi connectivity index (χ3v) is 4.26. The highest BCUT2D eigenvalue weighted by molar-refractivity contribution is 7.98. The molecule has 5 nitrogen and oxygen atoms in total. The molecule has 2 rings (SSSR count). The minimum absolute atomic E-state index is 0.177. The van der Waals surface area contributed by atoms with E-state index in [4.69, 9.17) is 9.52 Å². The number of amides is 1. The molecule has 0 saturated carbocycles. The van der Waals surface area contributed by atoms with Crippen LogP contribution >= 0.6 is 11.8 Å². The van der Waals surface area contributed by atoms with Gasteiger partial charge in [0, 0.05) is 11.3 Å². The van der Waals surface area contributed by atoms with Crippen LogP contribution in [0.2, 0.25) is 0 Å². The summed E-state index contributed by atoms with van der Waals surface area (Å²) in [5.41, 5.74) is 1.21. The van der Waals surface area contributed by atoms with Crippen molar-refractivity contribution in [1.82, 2.24) is 5.32 Å². The van der Waals surface area contributed by atoms with Gasteiger partial charge in [-0.1, -0.05) is 19.1 Å². The Bertz CT molecular complexity index is 678. The number of rotatable bonds is 7. The molecule has 1 atom stereocenters. The maximum Gasteiger partial charge on any atom is 0.305 e. The van der Waals surface area contributed by atoms with Crippen LogP contribution in [0, 0.1) is 0 Å². The molecule has 1 amide bonds. The highest BCUT2D eigenvalue weighted by Crippen LogP contribution is 2.22. The number of carboxylic acid groups (broad SMARTS) is 1. The normalized spacial score (nSPS) is 11.9. The maximum atomic E-state index is 12.4. The van der Waals surface area contributed by atoms with Crippen LogP contribution < -0.4 is 5.32 Å². The Balaban J connectivity index is 2.21. The van der Waals surface area contributed by atoms with Gasteiger partial charge in [0.15, 0.2) is 0 Å². The molecule has 0 aliphatic rings. The molecule has 2 N–H and O–H groups in total. The number of carbonyl (C=O) groups is 2. The van der Waals surface area contributed by atoms with Crippen molar-refractivity contribution in [3.05, 3.63) is 53.5 Å². The zero-order valence-electron chi connectivity index (χ0n) is 13.0. The molecular formula is C17H19NO4S. The number of thioether (sulfide) groups is 1. The van der Waals surface area contributed by atoms with Gasteiger partial charge in [-0.3, -0.25) is 9.59 Å². The predicted molar refractivity (Wildman–Crippen MR) is 88.8 cm³/mol. The molecule has 0 saturated heterocycles. The maximum absolute atomic E-state index is 12.4. The highest BCUT2D eigenvalue weighted by Gasteiger charge is 2.21. The second kappa shape index (κ2) is 7.87. The Labute approximate surface area is 139 Å². The summed E-state index contributed by atoms with van der Waals surface area (Å²) in [5.74, 6) is -0.697. The van der Waals surface area contributed by atoms with Gasteiger partial charge in [-0.15, -0.1) is 11.8 Å². The fraction of sp³-hybridized carbons (Fsp3) is 0.294. The quantitative estimate of drug-likeness (QED) is 0.758. The highest BCUT2D eigenvalue weighted by atomic mass is 32.2. The molecule has 0 aliphatic carbocycles. The largest absolute Gasteiger partial charge is 0.481 e. The lowest BCUT2D eigenvalue weighted by Gasteiger charge is -2.17. The zero-order valence-corrected chi connectivity index (χ0v) is 13.9. The molecule has 23 heavy (non-hydrogen) atoms. The molecule has 1 unspecified atom stereocenters. The molecule has 0 spiro atoms. The van der Waals surface area contributed by atoms with Crippen molar-refractivity contribution >= 4 is 23.6 Å². The Morgan fingerprint density at radius 3 is 2.52 bits per heavy atom. The van der Waals surface area contributed by atoms with E-state index in [1.165, 1.54) is 6.26 Å². The van der Waals surface area contributed by atoms with Crippen LogP contribution in [0.15, 0.2) is 45.9 Å². The summed E-state index contributed by atoms with van der Waals surface area (Å²) in [6, 6.07) is 8.52. The van der Waals surface area contributed by atoms with E-state index in [0.717, 1.165) is 10.5 Å². The Hall–Kier alpha value is -2.21. The van der Waals surface area contributed by atoms with Crippen molar-refractivity contribution in [2.24, 2.45) is 0 Å². The minimum Gasteiger partial charge on any atom is -0.481 e. The smallest absolute Gasteiger partial charge is 0.305 e. The number of furan rings is 1. The second-order valence-electron chi connectivity index (χ2n) is 5.01. The van der Waals surface area contributed by atoms with Crippen LogP contribution in [-0.2, 0) is 11.2 Å². The third-order valence-electron chi connectivity index (χ3n) is 3.51. The van der Waals surface area contributed by atoms with E-state index in [-0.39, 0.29) is 12.3 Å². The summed E-state index contributed by atoms with van der Waals surface area (Å²) in [7, 11) is 0. The molecule has 1 heterocycles. The van der Waals surface area contributed by atoms with Gasteiger partial charge in [0.1, 0.15) is 5.76 Å².